The van der Waals surface area contributed by atoms with Crippen LogP contribution in [0.4, 0.5) is 5.69 Å². The smallest absolute Gasteiger partial charge is 0.195 e. The minimum atomic E-state index is 0.419. The maximum absolute atomic E-state index is 6.24. The SMILES string of the molecule is Cc1c(NC2=NCCN2)ccc(Cl)c1C(C)C. The Morgan fingerprint density at radius 2 is 2.18 bits per heavy atom. The fourth-order valence-electron chi connectivity index (χ4n) is 2.15. The van der Waals surface area contributed by atoms with Crippen LogP contribution >= 0.6 is 11.6 Å². The molecule has 1 aromatic rings. The molecule has 0 bridgehead atoms. The quantitative estimate of drug-likeness (QED) is 0.847. The molecule has 17 heavy (non-hydrogen) atoms. The molecular formula is C13H18ClN3. The molecule has 0 amide bonds. The molecule has 2 N–H and O–H groups in total. The van der Waals surface area contributed by atoms with Crippen LogP contribution in [0.25, 0.3) is 0 Å². The van der Waals surface area contributed by atoms with Gasteiger partial charge in [-0.05, 0) is 36.1 Å². The van der Waals surface area contributed by atoms with E-state index in [0.717, 1.165) is 29.8 Å². The number of nitrogens with one attached hydrogen (secondary N) is 2. The van der Waals surface area contributed by atoms with Crippen LogP contribution in [0.1, 0.15) is 30.9 Å². The van der Waals surface area contributed by atoms with Crippen molar-refractivity contribution in [2.45, 2.75) is 26.7 Å². The minimum Gasteiger partial charge on any atom is -0.354 e. The monoisotopic (exact) mass is 251 g/mol. The first-order valence-electron chi connectivity index (χ1n) is 5.94. The molecule has 0 spiro atoms. The van der Waals surface area contributed by atoms with Crippen LogP contribution in [0.15, 0.2) is 17.1 Å². The average Bonchev–Trinajstić information content (AvgIpc) is 2.74. The first-order chi connectivity index (χ1) is 8.09. The van der Waals surface area contributed by atoms with E-state index in [2.05, 4.69) is 36.4 Å². The predicted octanol–water partition coefficient (Wildman–Crippen LogP) is 3.14. The number of aliphatic imine (C=N–C) groups is 1. The summed E-state index contributed by atoms with van der Waals surface area (Å²) in [5.74, 6) is 1.27. The molecule has 1 aliphatic rings. The van der Waals surface area contributed by atoms with Gasteiger partial charge in [0.15, 0.2) is 5.96 Å². The van der Waals surface area contributed by atoms with Gasteiger partial charge in [-0.2, -0.15) is 0 Å². The second kappa shape index (κ2) is 4.96. The lowest BCUT2D eigenvalue weighted by molar-refractivity contribution is 0.857. The molecule has 0 unspecified atom stereocenters. The largest absolute Gasteiger partial charge is 0.354 e. The molecule has 1 heterocycles. The zero-order valence-electron chi connectivity index (χ0n) is 10.5. The lowest BCUT2D eigenvalue weighted by atomic mass is 9.96. The fourth-order valence-corrected chi connectivity index (χ4v) is 2.57. The highest BCUT2D eigenvalue weighted by Crippen LogP contribution is 2.32. The Morgan fingerprint density at radius 1 is 1.41 bits per heavy atom. The van der Waals surface area contributed by atoms with E-state index < -0.39 is 0 Å². The van der Waals surface area contributed by atoms with Gasteiger partial charge in [0, 0.05) is 17.3 Å². The molecule has 0 atom stereocenters. The zero-order valence-corrected chi connectivity index (χ0v) is 11.2. The second-order valence-corrected chi connectivity index (χ2v) is 4.98. The summed E-state index contributed by atoms with van der Waals surface area (Å²) in [6.45, 7) is 8.16. The maximum Gasteiger partial charge on any atom is 0.195 e. The summed E-state index contributed by atoms with van der Waals surface area (Å²) in [5, 5.41) is 7.35. The molecule has 4 heteroatoms. The van der Waals surface area contributed by atoms with Gasteiger partial charge in [0.25, 0.3) is 0 Å². The third-order valence-electron chi connectivity index (χ3n) is 2.97. The van der Waals surface area contributed by atoms with Gasteiger partial charge >= 0.3 is 0 Å². The van der Waals surface area contributed by atoms with Crippen LogP contribution in [0.5, 0.6) is 0 Å². The summed E-state index contributed by atoms with van der Waals surface area (Å²) >= 11 is 6.24. The number of rotatable bonds is 2. The number of anilines is 1. The Bertz CT molecular complexity index is 452. The summed E-state index contributed by atoms with van der Waals surface area (Å²) in [6, 6.07) is 3.95. The van der Waals surface area contributed by atoms with Crippen molar-refractivity contribution in [3.8, 4) is 0 Å². The number of benzene rings is 1. The van der Waals surface area contributed by atoms with Gasteiger partial charge in [-0.3, -0.25) is 4.99 Å². The Labute approximate surface area is 107 Å². The molecule has 0 aliphatic carbocycles. The zero-order chi connectivity index (χ0) is 12.4. The van der Waals surface area contributed by atoms with Gasteiger partial charge in [0.1, 0.15) is 0 Å². The molecule has 0 fully saturated rings. The van der Waals surface area contributed by atoms with Crippen LogP contribution < -0.4 is 10.6 Å². The van der Waals surface area contributed by atoms with E-state index in [1.165, 1.54) is 11.1 Å². The van der Waals surface area contributed by atoms with Gasteiger partial charge < -0.3 is 10.6 Å². The second-order valence-electron chi connectivity index (χ2n) is 4.57. The Kier molecular flexibility index (Phi) is 3.57. The van der Waals surface area contributed by atoms with E-state index >= 15 is 0 Å². The lowest BCUT2D eigenvalue weighted by Gasteiger charge is -2.17. The van der Waals surface area contributed by atoms with Crippen molar-refractivity contribution in [3.05, 3.63) is 28.3 Å². The van der Waals surface area contributed by atoms with Crippen molar-refractivity contribution < 1.29 is 0 Å². The van der Waals surface area contributed by atoms with Crippen LogP contribution in [0.2, 0.25) is 5.02 Å². The maximum atomic E-state index is 6.24. The van der Waals surface area contributed by atoms with E-state index in [-0.39, 0.29) is 0 Å². The van der Waals surface area contributed by atoms with Crippen LogP contribution in [0.3, 0.4) is 0 Å². The predicted molar refractivity (Wildman–Crippen MR) is 74.2 cm³/mol. The normalized spacial score (nSPS) is 14.8. The van der Waals surface area contributed by atoms with E-state index in [1.807, 2.05) is 12.1 Å². The summed E-state index contributed by atoms with van der Waals surface area (Å²) in [6.07, 6.45) is 0. The molecule has 92 valence electrons. The third-order valence-corrected chi connectivity index (χ3v) is 3.30. The van der Waals surface area contributed by atoms with Gasteiger partial charge in [-0.15, -0.1) is 0 Å². The standard InChI is InChI=1S/C13H18ClN3/c1-8(2)12-9(3)11(5-4-10(12)14)17-13-15-6-7-16-13/h4-5,8H,6-7H2,1-3H3,(H2,15,16,17). The molecule has 3 nitrogen and oxygen atoms in total. The van der Waals surface area contributed by atoms with Crippen molar-refractivity contribution >= 4 is 23.2 Å². The molecule has 1 aliphatic heterocycles. The summed E-state index contributed by atoms with van der Waals surface area (Å²) in [4.78, 5) is 4.33. The van der Waals surface area contributed by atoms with Crippen LogP contribution in [-0.2, 0) is 0 Å². The third kappa shape index (κ3) is 2.55. The topological polar surface area (TPSA) is 36.4 Å². The van der Waals surface area contributed by atoms with Crippen molar-refractivity contribution in [2.75, 3.05) is 18.4 Å². The molecule has 1 aromatic carbocycles. The average molecular weight is 252 g/mol. The molecule has 0 saturated carbocycles. The summed E-state index contributed by atoms with van der Waals surface area (Å²) in [5.41, 5.74) is 3.48. The highest BCUT2D eigenvalue weighted by Gasteiger charge is 2.13. The number of guanidine groups is 1. The minimum absolute atomic E-state index is 0.419. The van der Waals surface area contributed by atoms with Gasteiger partial charge in [0.2, 0.25) is 0 Å². The van der Waals surface area contributed by atoms with E-state index in [1.54, 1.807) is 0 Å². The Hall–Kier alpha value is -1.22. The highest BCUT2D eigenvalue weighted by atomic mass is 35.5. The van der Waals surface area contributed by atoms with Gasteiger partial charge in [-0.1, -0.05) is 25.4 Å². The van der Waals surface area contributed by atoms with Crippen molar-refractivity contribution in [3.63, 3.8) is 0 Å². The first-order valence-corrected chi connectivity index (χ1v) is 6.31. The van der Waals surface area contributed by atoms with Gasteiger partial charge in [0.05, 0.1) is 6.54 Å². The molecular weight excluding hydrogens is 234 g/mol. The molecule has 0 saturated heterocycles. The van der Waals surface area contributed by atoms with E-state index in [4.69, 9.17) is 11.6 Å². The Morgan fingerprint density at radius 3 is 2.76 bits per heavy atom. The van der Waals surface area contributed by atoms with Crippen molar-refractivity contribution in [1.82, 2.24) is 5.32 Å². The van der Waals surface area contributed by atoms with Crippen LogP contribution in [-0.4, -0.2) is 19.0 Å². The Balaban J connectivity index is 2.32. The lowest BCUT2D eigenvalue weighted by Crippen LogP contribution is -2.26. The van der Waals surface area contributed by atoms with Gasteiger partial charge in [-0.25, -0.2) is 0 Å². The van der Waals surface area contributed by atoms with E-state index in [9.17, 15) is 0 Å². The number of hydrogen-bond acceptors (Lipinski definition) is 3. The molecule has 0 radical (unpaired) electrons. The van der Waals surface area contributed by atoms with Crippen LogP contribution in [0, 0.1) is 6.92 Å². The number of halogens is 1. The van der Waals surface area contributed by atoms with Crippen molar-refractivity contribution in [1.29, 1.82) is 0 Å². The van der Waals surface area contributed by atoms with E-state index in [0.29, 0.717) is 5.92 Å². The first kappa shape index (κ1) is 12.2. The highest BCUT2D eigenvalue weighted by molar-refractivity contribution is 6.31. The summed E-state index contributed by atoms with van der Waals surface area (Å²) < 4.78 is 0. The number of hydrogen-bond donors (Lipinski definition) is 2. The summed E-state index contributed by atoms with van der Waals surface area (Å²) in [7, 11) is 0. The molecule has 0 aromatic heterocycles. The molecule has 2 rings (SSSR count). The fraction of sp³-hybridized carbons (Fsp3) is 0.462. The number of nitrogens with zero attached hydrogens (tertiary/aromatic N) is 1. The van der Waals surface area contributed by atoms with Crippen molar-refractivity contribution in [2.24, 2.45) is 4.99 Å².